The molecule has 136 valence electrons. The molecule has 26 heavy (non-hydrogen) atoms. The molecule has 1 heterocycles. The zero-order valence-electron chi connectivity index (χ0n) is 15.2. The fourth-order valence-corrected chi connectivity index (χ4v) is 4.95. The Morgan fingerprint density at radius 1 is 1.12 bits per heavy atom. The molecule has 1 aromatic heterocycles. The predicted octanol–water partition coefficient (Wildman–Crippen LogP) is 5.73. The lowest BCUT2D eigenvalue weighted by Gasteiger charge is -2.34. The highest BCUT2D eigenvalue weighted by Gasteiger charge is 2.58. The molecule has 2 atom stereocenters. The van der Waals surface area contributed by atoms with E-state index in [9.17, 15) is 0 Å². The topological polar surface area (TPSA) is 50.7 Å². The van der Waals surface area contributed by atoms with E-state index in [1.807, 2.05) is 6.08 Å². The lowest BCUT2D eigenvalue weighted by atomic mass is 9.69. The van der Waals surface area contributed by atoms with Crippen molar-refractivity contribution in [2.75, 3.05) is 5.32 Å². The van der Waals surface area contributed by atoms with Crippen LogP contribution in [0.1, 0.15) is 46.5 Å². The molecule has 6 heteroatoms. The summed E-state index contributed by atoms with van der Waals surface area (Å²) in [5, 5.41) is 3.27. The van der Waals surface area contributed by atoms with E-state index in [4.69, 9.17) is 23.2 Å². The third-order valence-electron chi connectivity index (χ3n) is 6.71. The molecule has 1 N–H and O–H groups in total. The maximum absolute atomic E-state index is 5.81. The van der Waals surface area contributed by atoms with Gasteiger partial charge in [-0.15, -0.1) is 5.73 Å². The van der Waals surface area contributed by atoms with Gasteiger partial charge in [0.15, 0.2) is 0 Å². The molecule has 4 rings (SSSR count). The Morgan fingerprint density at radius 3 is 2.38 bits per heavy atom. The second-order valence-corrected chi connectivity index (χ2v) is 8.82. The zero-order valence-corrected chi connectivity index (χ0v) is 16.7. The van der Waals surface area contributed by atoms with Crippen molar-refractivity contribution in [2.24, 2.45) is 16.7 Å². The van der Waals surface area contributed by atoms with Gasteiger partial charge >= 0.3 is 0 Å². The van der Waals surface area contributed by atoms with Gasteiger partial charge in [-0.2, -0.15) is 15.0 Å². The Morgan fingerprint density at radius 2 is 1.85 bits per heavy atom. The lowest BCUT2D eigenvalue weighted by Crippen LogP contribution is -2.27. The molecule has 0 aliphatic heterocycles. The van der Waals surface area contributed by atoms with Crippen molar-refractivity contribution >= 4 is 29.2 Å². The van der Waals surface area contributed by atoms with Gasteiger partial charge in [-0.25, -0.2) is 0 Å². The number of hydrogen-bond donors (Lipinski definition) is 1. The van der Waals surface area contributed by atoms with Crippen LogP contribution in [0.15, 0.2) is 40.8 Å². The fourth-order valence-electron chi connectivity index (χ4n) is 4.59. The van der Waals surface area contributed by atoms with Gasteiger partial charge in [-0.05, 0) is 83.5 Å². The largest absolute Gasteiger partial charge is 0.324 e. The highest BCUT2D eigenvalue weighted by atomic mass is 35.5. The summed E-state index contributed by atoms with van der Waals surface area (Å²) in [5.41, 5.74) is 8.05. The SMILES string of the molecule is CC12CCC(CC1=C=C1C=CC(Nc3nc(Cl)nc(Cl)n3)=CC1)C2(C)C. The number of anilines is 1. The van der Waals surface area contributed by atoms with E-state index >= 15 is 0 Å². The number of halogens is 2. The molecule has 3 aliphatic carbocycles. The van der Waals surface area contributed by atoms with Crippen LogP contribution in [-0.2, 0) is 0 Å². The first-order valence-electron chi connectivity index (χ1n) is 8.99. The minimum Gasteiger partial charge on any atom is -0.324 e. The monoisotopic (exact) mass is 388 g/mol. The minimum absolute atomic E-state index is 0.0744. The number of hydrogen-bond acceptors (Lipinski definition) is 4. The van der Waals surface area contributed by atoms with Crippen molar-refractivity contribution in [3.05, 3.63) is 51.4 Å². The summed E-state index contributed by atoms with van der Waals surface area (Å²) in [6, 6.07) is 0. The molecule has 1 aromatic rings. The number of aromatic nitrogens is 3. The smallest absolute Gasteiger partial charge is 0.232 e. The molecular weight excluding hydrogens is 367 g/mol. The van der Waals surface area contributed by atoms with Crippen molar-refractivity contribution in [2.45, 2.75) is 46.5 Å². The summed E-state index contributed by atoms with van der Waals surface area (Å²) < 4.78 is 0. The third-order valence-corrected chi connectivity index (χ3v) is 7.04. The van der Waals surface area contributed by atoms with Crippen molar-refractivity contribution in [1.82, 2.24) is 15.0 Å². The average molecular weight is 389 g/mol. The molecule has 0 radical (unpaired) electrons. The van der Waals surface area contributed by atoms with E-state index in [0.29, 0.717) is 16.8 Å². The normalized spacial score (nSPS) is 29.0. The van der Waals surface area contributed by atoms with Gasteiger partial charge in [0.2, 0.25) is 16.5 Å². The van der Waals surface area contributed by atoms with Crippen LogP contribution in [0.25, 0.3) is 0 Å². The first-order valence-corrected chi connectivity index (χ1v) is 9.75. The number of fused-ring (bicyclic) bond motifs is 2. The molecule has 0 saturated heterocycles. The Balaban J connectivity index is 1.53. The molecule has 3 aliphatic rings. The maximum atomic E-state index is 5.81. The van der Waals surface area contributed by atoms with Crippen molar-refractivity contribution < 1.29 is 0 Å². The van der Waals surface area contributed by atoms with E-state index in [2.05, 4.69) is 58.9 Å². The Labute approximate surface area is 164 Å². The maximum Gasteiger partial charge on any atom is 0.232 e. The van der Waals surface area contributed by atoms with Crippen LogP contribution in [0.2, 0.25) is 10.6 Å². The number of nitrogens with zero attached hydrogens (tertiary/aromatic N) is 3. The summed E-state index contributed by atoms with van der Waals surface area (Å²) in [6.45, 7) is 7.27. The van der Waals surface area contributed by atoms with Crippen LogP contribution in [0, 0.1) is 16.7 Å². The molecule has 0 amide bonds. The van der Waals surface area contributed by atoms with Crippen molar-refractivity contribution in [1.29, 1.82) is 0 Å². The molecule has 2 unspecified atom stereocenters. The second-order valence-electron chi connectivity index (χ2n) is 8.14. The summed E-state index contributed by atoms with van der Waals surface area (Å²) in [4.78, 5) is 11.8. The molecule has 2 bridgehead atoms. The van der Waals surface area contributed by atoms with Gasteiger partial charge in [0.05, 0.1) is 0 Å². The Bertz CT molecular complexity index is 873. The van der Waals surface area contributed by atoms with Crippen molar-refractivity contribution in [3.8, 4) is 0 Å². The van der Waals surface area contributed by atoms with E-state index < -0.39 is 0 Å². The zero-order chi connectivity index (χ0) is 18.5. The van der Waals surface area contributed by atoms with Gasteiger partial charge in [0.25, 0.3) is 0 Å². The average Bonchev–Trinajstić information content (AvgIpc) is 2.89. The fraction of sp³-hybridized carbons (Fsp3) is 0.500. The van der Waals surface area contributed by atoms with E-state index in [-0.39, 0.29) is 10.6 Å². The van der Waals surface area contributed by atoms with Crippen molar-refractivity contribution in [3.63, 3.8) is 0 Å². The number of allylic oxidation sites excluding steroid dienone is 4. The standard InChI is InChI=1S/C20H22Cl2N4/c1-19(2)13-8-9-20(19,3)14(11-13)10-12-4-6-15(7-5-12)23-18-25-16(21)24-17(22)26-18/h4,6-7,13H,5,8-9,11H2,1-3H3,(H,23,24,25,26). The van der Waals surface area contributed by atoms with E-state index in [1.165, 1.54) is 30.4 Å². The summed E-state index contributed by atoms with van der Waals surface area (Å²) >= 11 is 11.6. The Hall–Kier alpha value is -1.61. The van der Waals surface area contributed by atoms with E-state index in [1.54, 1.807) is 0 Å². The summed E-state index contributed by atoms with van der Waals surface area (Å²) in [6.07, 6.45) is 10.9. The molecule has 0 aromatic carbocycles. The Kier molecular flexibility index (Phi) is 4.26. The molecule has 2 fully saturated rings. The molecule has 2 saturated carbocycles. The quantitative estimate of drug-likeness (QED) is 0.656. The van der Waals surface area contributed by atoms with Gasteiger partial charge in [-0.1, -0.05) is 26.8 Å². The van der Waals surface area contributed by atoms with Gasteiger partial charge in [0, 0.05) is 11.1 Å². The second kappa shape index (κ2) is 6.23. The van der Waals surface area contributed by atoms with Crippen LogP contribution in [0.5, 0.6) is 0 Å². The van der Waals surface area contributed by atoms with E-state index in [0.717, 1.165) is 18.0 Å². The van der Waals surface area contributed by atoms with Gasteiger partial charge in [0.1, 0.15) is 0 Å². The van der Waals surface area contributed by atoms with Crippen LogP contribution >= 0.6 is 23.2 Å². The number of nitrogens with one attached hydrogen (secondary N) is 1. The third kappa shape index (κ3) is 2.90. The highest BCUT2D eigenvalue weighted by molar-refractivity contribution is 6.31. The first kappa shape index (κ1) is 17.8. The number of rotatable bonds is 2. The van der Waals surface area contributed by atoms with Crippen LogP contribution in [0.4, 0.5) is 5.95 Å². The lowest BCUT2D eigenvalue weighted by molar-refractivity contribution is 0.179. The van der Waals surface area contributed by atoms with Gasteiger partial charge in [-0.3, -0.25) is 0 Å². The van der Waals surface area contributed by atoms with Crippen LogP contribution in [0.3, 0.4) is 0 Å². The summed E-state index contributed by atoms with van der Waals surface area (Å²) in [7, 11) is 0. The van der Waals surface area contributed by atoms with Crippen LogP contribution in [-0.4, -0.2) is 15.0 Å². The first-order chi connectivity index (χ1) is 12.3. The molecular formula is C20H22Cl2N4. The van der Waals surface area contributed by atoms with Gasteiger partial charge < -0.3 is 5.32 Å². The predicted molar refractivity (Wildman–Crippen MR) is 105 cm³/mol. The highest BCUT2D eigenvalue weighted by Crippen LogP contribution is 2.67. The van der Waals surface area contributed by atoms with Crippen LogP contribution < -0.4 is 5.32 Å². The minimum atomic E-state index is 0.0744. The molecule has 0 spiro atoms. The summed E-state index contributed by atoms with van der Waals surface area (Å²) in [5.74, 6) is 1.15. The molecule has 4 nitrogen and oxygen atoms in total.